The van der Waals surface area contributed by atoms with Crippen molar-refractivity contribution in [1.29, 1.82) is 0 Å². The smallest absolute Gasteiger partial charge is 0.266 e. The lowest BCUT2D eigenvalue weighted by atomic mass is 9.75. The van der Waals surface area contributed by atoms with E-state index in [-0.39, 0.29) is 48.1 Å². The number of imide groups is 1. The first-order valence-electron chi connectivity index (χ1n) is 17.8. The number of nitrogens with zero attached hydrogens (tertiary/aromatic N) is 2. The van der Waals surface area contributed by atoms with Gasteiger partial charge in [-0.15, -0.1) is 0 Å². The molecule has 0 aromatic heterocycles. The second-order valence-corrected chi connectivity index (χ2v) is 15.1. The molecule has 3 aromatic rings. The summed E-state index contributed by atoms with van der Waals surface area (Å²) in [5, 5.41) is 12.9. The summed E-state index contributed by atoms with van der Waals surface area (Å²) in [6.07, 6.45) is 5.80. The molecule has 1 saturated carbocycles. The maximum absolute atomic E-state index is 13.8. The van der Waals surface area contributed by atoms with Gasteiger partial charge in [-0.2, -0.15) is 0 Å². The van der Waals surface area contributed by atoms with E-state index in [2.05, 4.69) is 10.2 Å². The largest absolute Gasteiger partial charge is 0.392 e. The zero-order valence-electron chi connectivity index (χ0n) is 28.6. The SMILES string of the molecule is CC(C)(C)NC(=O)C1CCC2CCCCC2N1CC1CC(c2ccc(CO)cc2)OC(c2cccc(N3C(=O)c4ccccc4C3=O)c2)O1. The number of aliphatic hydroxyl groups is 1. The first kappa shape index (κ1) is 33.6. The number of benzene rings is 3. The quantitative estimate of drug-likeness (QED) is 0.279. The normalized spacial score (nSPS) is 27.5. The number of nitrogens with one attached hydrogen (secondary N) is 1. The second-order valence-electron chi connectivity index (χ2n) is 15.1. The number of ether oxygens (including phenoxy) is 2. The molecule has 0 spiro atoms. The van der Waals surface area contributed by atoms with Crippen molar-refractivity contribution >= 4 is 23.4 Å². The van der Waals surface area contributed by atoms with Gasteiger partial charge >= 0.3 is 0 Å². The molecule has 6 unspecified atom stereocenters. The fourth-order valence-corrected chi connectivity index (χ4v) is 8.23. The Labute approximate surface area is 288 Å². The standard InChI is InChI=1S/C40H47N3O6/c1-40(2,3)41-36(45)34-20-19-26-9-4-7-14-33(26)42(34)23-30-22-35(27-17-15-25(24-44)16-18-27)49-39(48-30)28-10-8-11-29(21-28)43-37(46)31-12-5-6-13-32(31)38(43)47/h5-6,8,10-13,15-18,21,26,30,33-35,39,44H,4,7,9,14,19-20,22-24H2,1-3H3,(H,41,45). The zero-order valence-corrected chi connectivity index (χ0v) is 28.6. The van der Waals surface area contributed by atoms with E-state index in [9.17, 15) is 19.5 Å². The summed E-state index contributed by atoms with van der Waals surface area (Å²) in [6.45, 7) is 6.62. The van der Waals surface area contributed by atoms with Crippen LogP contribution in [0.2, 0.25) is 0 Å². The number of fused-ring (bicyclic) bond motifs is 2. The first-order valence-corrected chi connectivity index (χ1v) is 17.8. The van der Waals surface area contributed by atoms with Crippen molar-refractivity contribution in [2.24, 2.45) is 5.92 Å². The van der Waals surface area contributed by atoms with Crippen LogP contribution in [-0.4, -0.2) is 58.0 Å². The van der Waals surface area contributed by atoms with E-state index in [0.717, 1.165) is 36.8 Å². The Hall–Kier alpha value is -3.89. The average molecular weight is 666 g/mol. The van der Waals surface area contributed by atoms with Crippen LogP contribution >= 0.6 is 0 Å². The molecule has 3 amide bonds. The van der Waals surface area contributed by atoms with Crippen LogP contribution in [0.3, 0.4) is 0 Å². The molecule has 0 bridgehead atoms. The van der Waals surface area contributed by atoms with Crippen molar-refractivity contribution in [2.75, 3.05) is 11.4 Å². The molecular weight excluding hydrogens is 618 g/mol. The van der Waals surface area contributed by atoms with Gasteiger partial charge in [-0.1, -0.05) is 61.4 Å². The lowest BCUT2D eigenvalue weighted by Crippen LogP contribution is -2.61. The number of hydrogen-bond donors (Lipinski definition) is 2. The van der Waals surface area contributed by atoms with Crippen molar-refractivity contribution < 1.29 is 29.0 Å². The highest BCUT2D eigenvalue weighted by molar-refractivity contribution is 6.34. The maximum atomic E-state index is 13.8. The van der Waals surface area contributed by atoms with Gasteiger partial charge in [0.2, 0.25) is 5.91 Å². The lowest BCUT2D eigenvalue weighted by Gasteiger charge is -2.50. The fraction of sp³-hybridized carbons (Fsp3) is 0.475. The third-order valence-corrected chi connectivity index (χ3v) is 10.5. The predicted octanol–water partition coefficient (Wildman–Crippen LogP) is 6.46. The molecule has 7 rings (SSSR count). The minimum absolute atomic E-state index is 0.0414. The summed E-state index contributed by atoms with van der Waals surface area (Å²) in [4.78, 5) is 44.1. The summed E-state index contributed by atoms with van der Waals surface area (Å²) >= 11 is 0. The summed E-state index contributed by atoms with van der Waals surface area (Å²) in [5.41, 5.74) is 3.41. The van der Waals surface area contributed by atoms with Crippen LogP contribution in [0.25, 0.3) is 0 Å². The van der Waals surface area contributed by atoms with E-state index in [0.29, 0.717) is 47.3 Å². The predicted molar refractivity (Wildman–Crippen MR) is 186 cm³/mol. The van der Waals surface area contributed by atoms with E-state index in [1.165, 1.54) is 17.7 Å². The van der Waals surface area contributed by atoms with Gasteiger partial charge in [-0.25, -0.2) is 4.90 Å². The molecule has 3 heterocycles. The van der Waals surface area contributed by atoms with Gasteiger partial charge in [0.25, 0.3) is 11.8 Å². The molecule has 3 aromatic carbocycles. The molecule has 3 aliphatic heterocycles. The summed E-state index contributed by atoms with van der Waals surface area (Å²) in [5.74, 6) is -0.0597. The number of carbonyl (C=O) groups is 3. The third-order valence-electron chi connectivity index (χ3n) is 10.5. The van der Waals surface area contributed by atoms with E-state index in [1.54, 1.807) is 36.4 Å². The van der Waals surface area contributed by atoms with Crippen molar-refractivity contribution in [3.05, 3.63) is 101 Å². The Balaban J connectivity index is 1.19. The van der Waals surface area contributed by atoms with Gasteiger partial charge < -0.3 is 19.9 Å². The third kappa shape index (κ3) is 6.95. The van der Waals surface area contributed by atoms with Crippen molar-refractivity contribution in [1.82, 2.24) is 10.2 Å². The van der Waals surface area contributed by atoms with Crippen LogP contribution in [0.4, 0.5) is 5.69 Å². The van der Waals surface area contributed by atoms with E-state index >= 15 is 0 Å². The van der Waals surface area contributed by atoms with Gasteiger partial charge in [0, 0.05) is 30.1 Å². The number of amides is 3. The Bertz CT molecular complexity index is 1670. The number of carbonyl (C=O) groups excluding carboxylic acids is 3. The van der Waals surface area contributed by atoms with Crippen LogP contribution in [-0.2, 0) is 20.9 Å². The highest BCUT2D eigenvalue weighted by Gasteiger charge is 2.44. The molecule has 2 N–H and O–H groups in total. The van der Waals surface area contributed by atoms with Crippen molar-refractivity contribution in [3.63, 3.8) is 0 Å². The molecule has 2 saturated heterocycles. The average Bonchev–Trinajstić information content (AvgIpc) is 3.36. The molecule has 4 aliphatic rings. The minimum atomic E-state index is -0.773. The van der Waals surface area contributed by atoms with Gasteiger partial charge in [0.15, 0.2) is 6.29 Å². The second kappa shape index (κ2) is 13.8. The van der Waals surface area contributed by atoms with Crippen LogP contribution in [0.5, 0.6) is 0 Å². The topological polar surface area (TPSA) is 108 Å². The fourth-order valence-electron chi connectivity index (χ4n) is 8.23. The van der Waals surface area contributed by atoms with E-state index < -0.39 is 6.29 Å². The number of aliphatic hydroxyl groups excluding tert-OH is 1. The molecule has 49 heavy (non-hydrogen) atoms. The van der Waals surface area contributed by atoms with E-state index in [1.807, 2.05) is 57.2 Å². The van der Waals surface area contributed by atoms with Gasteiger partial charge in [-0.3, -0.25) is 19.3 Å². The minimum Gasteiger partial charge on any atom is -0.392 e. The Kier molecular flexibility index (Phi) is 9.45. The molecule has 258 valence electrons. The zero-order chi connectivity index (χ0) is 34.3. The van der Waals surface area contributed by atoms with Gasteiger partial charge in [0.05, 0.1) is 41.7 Å². The number of piperidine rings is 1. The molecular formula is C40H47N3O6. The molecule has 6 atom stereocenters. The maximum Gasteiger partial charge on any atom is 0.266 e. The molecule has 9 nitrogen and oxygen atoms in total. The van der Waals surface area contributed by atoms with Gasteiger partial charge in [0.1, 0.15) is 0 Å². The van der Waals surface area contributed by atoms with E-state index in [4.69, 9.17) is 9.47 Å². The van der Waals surface area contributed by atoms with Gasteiger partial charge in [-0.05, 0) is 87.8 Å². The Morgan fingerprint density at radius 2 is 1.57 bits per heavy atom. The van der Waals surface area contributed by atoms with Crippen LogP contribution in [0, 0.1) is 5.92 Å². The first-order chi connectivity index (χ1) is 23.6. The van der Waals surface area contributed by atoms with Crippen molar-refractivity contribution in [3.8, 4) is 0 Å². The molecule has 1 aliphatic carbocycles. The van der Waals surface area contributed by atoms with Crippen LogP contribution < -0.4 is 10.2 Å². The van der Waals surface area contributed by atoms with Crippen molar-refractivity contribution in [2.45, 2.75) is 108 Å². The molecule has 3 fully saturated rings. The molecule has 9 heteroatoms. The monoisotopic (exact) mass is 665 g/mol. The Morgan fingerprint density at radius 1 is 0.857 bits per heavy atom. The highest BCUT2D eigenvalue weighted by atomic mass is 16.7. The van der Waals surface area contributed by atoms with Crippen LogP contribution in [0.15, 0.2) is 72.8 Å². The highest BCUT2D eigenvalue weighted by Crippen LogP contribution is 2.43. The summed E-state index contributed by atoms with van der Waals surface area (Å²) in [6, 6.07) is 22.0. The summed E-state index contributed by atoms with van der Waals surface area (Å²) in [7, 11) is 0. The molecule has 0 radical (unpaired) electrons. The van der Waals surface area contributed by atoms with Crippen LogP contribution in [0.1, 0.15) is 116 Å². The number of rotatable bonds is 7. The number of anilines is 1. The summed E-state index contributed by atoms with van der Waals surface area (Å²) < 4.78 is 13.5. The lowest BCUT2D eigenvalue weighted by molar-refractivity contribution is -0.255. The number of likely N-dealkylation sites (tertiary alicyclic amines) is 1. The number of hydrogen-bond acceptors (Lipinski definition) is 7. The Morgan fingerprint density at radius 3 is 2.27 bits per heavy atom.